The van der Waals surface area contributed by atoms with E-state index in [1.165, 1.54) is 5.56 Å². The van der Waals surface area contributed by atoms with Crippen LogP contribution in [0.15, 0.2) is 24.3 Å². The standard InChI is InChI=1S/C19H28N2O2S/c1-13-17(23)21(12-11-16(22)20(5)6)18(24-13)14-7-9-15(10-8-14)19(2,3)4/h7-10,13,18H,11-12H2,1-6H3/t13-,18+/m1/s1. The summed E-state index contributed by atoms with van der Waals surface area (Å²) < 4.78 is 0. The van der Waals surface area contributed by atoms with E-state index in [1.54, 1.807) is 30.8 Å². The second-order valence-corrected chi connectivity index (χ2v) is 9.00. The Morgan fingerprint density at radius 1 is 1.21 bits per heavy atom. The molecule has 24 heavy (non-hydrogen) atoms. The Labute approximate surface area is 149 Å². The van der Waals surface area contributed by atoms with E-state index in [1.807, 2.05) is 11.8 Å². The molecule has 1 fully saturated rings. The maximum absolute atomic E-state index is 12.5. The molecule has 0 spiro atoms. The lowest BCUT2D eigenvalue weighted by atomic mass is 9.86. The minimum absolute atomic E-state index is 0.00326. The maximum Gasteiger partial charge on any atom is 0.236 e. The molecule has 2 rings (SSSR count). The first-order chi connectivity index (χ1) is 11.1. The van der Waals surface area contributed by atoms with Crippen molar-refractivity contribution in [3.63, 3.8) is 0 Å². The summed E-state index contributed by atoms with van der Waals surface area (Å²) >= 11 is 1.66. The molecule has 0 N–H and O–H groups in total. The van der Waals surface area contributed by atoms with Crippen LogP contribution in [0.2, 0.25) is 0 Å². The number of hydrogen-bond donors (Lipinski definition) is 0. The number of nitrogens with zero attached hydrogens (tertiary/aromatic N) is 2. The summed E-state index contributed by atoms with van der Waals surface area (Å²) in [6, 6.07) is 8.52. The van der Waals surface area contributed by atoms with Crippen LogP contribution in [0.5, 0.6) is 0 Å². The molecule has 1 heterocycles. The van der Waals surface area contributed by atoms with Gasteiger partial charge in [0.05, 0.1) is 5.25 Å². The summed E-state index contributed by atoms with van der Waals surface area (Å²) in [6.45, 7) is 8.99. The van der Waals surface area contributed by atoms with Gasteiger partial charge in [-0.2, -0.15) is 0 Å². The van der Waals surface area contributed by atoms with Crippen molar-refractivity contribution in [3.8, 4) is 0 Å². The number of amides is 2. The molecule has 1 saturated heterocycles. The Bertz CT molecular complexity index is 605. The van der Waals surface area contributed by atoms with Crippen molar-refractivity contribution in [2.24, 2.45) is 0 Å². The van der Waals surface area contributed by atoms with Gasteiger partial charge in [0.2, 0.25) is 11.8 Å². The Morgan fingerprint density at radius 2 is 1.79 bits per heavy atom. The highest BCUT2D eigenvalue weighted by molar-refractivity contribution is 8.01. The highest BCUT2D eigenvalue weighted by Gasteiger charge is 2.38. The summed E-state index contributed by atoms with van der Waals surface area (Å²) in [5, 5.41) is -0.0665. The van der Waals surface area contributed by atoms with Gasteiger partial charge < -0.3 is 9.80 Å². The van der Waals surface area contributed by atoms with Gasteiger partial charge in [-0.15, -0.1) is 11.8 Å². The zero-order valence-electron chi connectivity index (χ0n) is 15.5. The Balaban J connectivity index is 2.17. The van der Waals surface area contributed by atoms with Gasteiger partial charge in [0, 0.05) is 27.1 Å². The van der Waals surface area contributed by atoms with E-state index in [4.69, 9.17) is 0 Å². The lowest BCUT2D eigenvalue weighted by molar-refractivity contribution is -0.132. The van der Waals surface area contributed by atoms with Crippen LogP contribution in [-0.2, 0) is 15.0 Å². The van der Waals surface area contributed by atoms with Gasteiger partial charge in [-0.1, -0.05) is 45.0 Å². The van der Waals surface area contributed by atoms with Crippen LogP contribution in [-0.4, -0.2) is 47.5 Å². The number of thioether (sulfide) groups is 1. The molecule has 1 aliphatic rings. The largest absolute Gasteiger partial charge is 0.349 e. The average Bonchev–Trinajstić information content (AvgIpc) is 2.79. The minimum Gasteiger partial charge on any atom is -0.349 e. The van der Waals surface area contributed by atoms with Crippen LogP contribution in [0.1, 0.15) is 50.6 Å². The lowest BCUT2D eigenvalue weighted by Crippen LogP contribution is -2.34. The highest BCUT2D eigenvalue weighted by atomic mass is 32.2. The number of hydrogen-bond acceptors (Lipinski definition) is 3. The van der Waals surface area contributed by atoms with Crippen LogP contribution in [0.25, 0.3) is 0 Å². The van der Waals surface area contributed by atoms with E-state index in [0.717, 1.165) is 5.56 Å². The Morgan fingerprint density at radius 3 is 2.29 bits per heavy atom. The second kappa shape index (κ2) is 7.18. The van der Waals surface area contributed by atoms with Gasteiger partial charge in [-0.25, -0.2) is 0 Å². The smallest absolute Gasteiger partial charge is 0.236 e. The first-order valence-corrected chi connectivity index (χ1v) is 9.32. The summed E-state index contributed by atoms with van der Waals surface area (Å²) in [5.41, 5.74) is 2.52. The van der Waals surface area contributed by atoms with Gasteiger partial charge in [-0.05, 0) is 23.5 Å². The molecular formula is C19H28N2O2S. The molecule has 2 amide bonds. The van der Waals surface area contributed by atoms with E-state index >= 15 is 0 Å². The van der Waals surface area contributed by atoms with E-state index in [2.05, 4.69) is 45.0 Å². The summed E-state index contributed by atoms with van der Waals surface area (Å²) in [6.07, 6.45) is 0.364. The van der Waals surface area contributed by atoms with Gasteiger partial charge in [0.15, 0.2) is 0 Å². The summed E-state index contributed by atoms with van der Waals surface area (Å²) in [7, 11) is 3.49. The van der Waals surface area contributed by atoms with Crippen LogP contribution in [0.4, 0.5) is 0 Å². The van der Waals surface area contributed by atoms with Crippen LogP contribution >= 0.6 is 11.8 Å². The summed E-state index contributed by atoms with van der Waals surface area (Å²) in [5.74, 6) is 0.172. The van der Waals surface area contributed by atoms with Gasteiger partial charge >= 0.3 is 0 Å². The van der Waals surface area contributed by atoms with Gasteiger partial charge in [-0.3, -0.25) is 9.59 Å². The minimum atomic E-state index is -0.0632. The molecule has 1 aromatic carbocycles. The molecule has 132 valence electrons. The molecule has 2 atom stereocenters. The van der Waals surface area contributed by atoms with E-state index in [9.17, 15) is 9.59 Å². The summed E-state index contributed by atoms with van der Waals surface area (Å²) in [4.78, 5) is 27.8. The maximum atomic E-state index is 12.5. The predicted octanol–water partition coefficient (Wildman–Crippen LogP) is 3.42. The zero-order valence-corrected chi connectivity index (χ0v) is 16.3. The zero-order chi connectivity index (χ0) is 18.1. The monoisotopic (exact) mass is 348 g/mol. The van der Waals surface area contributed by atoms with Crippen LogP contribution < -0.4 is 0 Å². The van der Waals surface area contributed by atoms with Crippen LogP contribution in [0, 0.1) is 0 Å². The first-order valence-electron chi connectivity index (χ1n) is 8.38. The number of benzene rings is 1. The molecule has 0 aliphatic carbocycles. The lowest BCUT2D eigenvalue weighted by Gasteiger charge is -2.26. The average molecular weight is 349 g/mol. The van der Waals surface area contributed by atoms with Crippen molar-refractivity contribution in [2.45, 2.75) is 50.2 Å². The third-order valence-electron chi connectivity index (χ3n) is 4.37. The van der Waals surface area contributed by atoms with Crippen LogP contribution in [0.3, 0.4) is 0 Å². The Kier molecular flexibility index (Phi) is 5.63. The highest BCUT2D eigenvalue weighted by Crippen LogP contribution is 2.43. The number of carbonyl (C=O) groups is 2. The van der Waals surface area contributed by atoms with E-state index in [-0.39, 0.29) is 27.9 Å². The fourth-order valence-electron chi connectivity index (χ4n) is 2.75. The van der Waals surface area contributed by atoms with Crippen molar-refractivity contribution < 1.29 is 9.59 Å². The molecule has 0 aromatic heterocycles. The number of rotatable bonds is 4. The van der Waals surface area contributed by atoms with Crippen molar-refractivity contribution in [2.75, 3.05) is 20.6 Å². The Hall–Kier alpha value is -1.49. The first kappa shape index (κ1) is 18.8. The third kappa shape index (κ3) is 4.12. The van der Waals surface area contributed by atoms with Crippen molar-refractivity contribution in [3.05, 3.63) is 35.4 Å². The molecule has 0 radical (unpaired) electrons. The fourth-order valence-corrected chi connectivity index (χ4v) is 4.06. The van der Waals surface area contributed by atoms with Crippen molar-refractivity contribution in [1.82, 2.24) is 9.80 Å². The normalized spacial score (nSPS) is 21.2. The van der Waals surface area contributed by atoms with Gasteiger partial charge in [0.1, 0.15) is 5.37 Å². The quantitative estimate of drug-likeness (QED) is 0.837. The number of carbonyl (C=O) groups excluding carboxylic acids is 2. The topological polar surface area (TPSA) is 40.6 Å². The molecule has 5 heteroatoms. The van der Waals surface area contributed by atoms with Crippen molar-refractivity contribution >= 4 is 23.6 Å². The SMILES string of the molecule is C[C@H]1S[C@@H](c2ccc(C(C)(C)C)cc2)N(CCC(=O)N(C)C)C1=O. The molecular weight excluding hydrogens is 320 g/mol. The third-order valence-corrected chi connectivity index (χ3v) is 5.77. The van der Waals surface area contributed by atoms with Crippen molar-refractivity contribution in [1.29, 1.82) is 0 Å². The molecule has 4 nitrogen and oxygen atoms in total. The predicted molar refractivity (Wildman–Crippen MR) is 100.0 cm³/mol. The molecule has 0 bridgehead atoms. The second-order valence-electron chi connectivity index (χ2n) is 7.57. The molecule has 0 saturated carbocycles. The van der Waals surface area contributed by atoms with E-state index in [0.29, 0.717) is 13.0 Å². The molecule has 1 aromatic rings. The van der Waals surface area contributed by atoms with E-state index < -0.39 is 0 Å². The molecule has 1 aliphatic heterocycles. The molecule has 0 unspecified atom stereocenters. The van der Waals surface area contributed by atoms with Gasteiger partial charge in [0.25, 0.3) is 0 Å². The fraction of sp³-hybridized carbons (Fsp3) is 0.579.